The van der Waals surface area contributed by atoms with Crippen LogP contribution in [0.15, 0.2) is 48.9 Å². The lowest BCUT2D eigenvalue weighted by Gasteiger charge is -2.10. The number of amides is 1. The molecule has 1 atom stereocenters. The van der Waals surface area contributed by atoms with Crippen LogP contribution in [0.1, 0.15) is 29.0 Å². The molecule has 0 saturated heterocycles. The Morgan fingerprint density at radius 1 is 1.23 bits per heavy atom. The van der Waals surface area contributed by atoms with Crippen molar-refractivity contribution in [3.05, 3.63) is 65.2 Å². The number of hydrogen-bond acceptors (Lipinski definition) is 4. The molecule has 0 aliphatic heterocycles. The number of halogens is 1. The van der Waals surface area contributed by atoms with Crippen LogP contribution in [0.2, 0.25) is 5.02 Å². The topological polar surface area (TPSA) is 102 Å². The standard InChI is InChI=1S/C17H16ClN5O3/c1-11(17(25)26)23-15(6-7-19-23)16(24)21-14-8-20-22(10-14)9-12-2-4-13(18)5-3-12/h2-8,10-11H,9H2,1H3,(H,21,24)(H,25,26). The van der Waals surface area contributed by atoms with Crippen molar-refractivity contribution in [1.82, 2.24) is 19.6 Å². The minimum Gasteiger partial charge on any atom is -0.480 e. The number of carboxylic acid groups (broad SMARTS) is 1. The number of aromatic nitrogens is 4. The molecule has 3 aromatic rings. The highest BCUT2D eigenvalue weighted by molar-refractivity contribution is 6.30. The van der Waals surface area contributed by atoms with Gasteiger partial charge in [-0.2, -0.15) is 10.2 Å². The summed E-state index contributed by atoms with van der Waals surface area (Å²) in [5.41, 5.74) is 1.67. The van der Waals surface area contributed by atoms with Crippen LogP contribution in [-0.4, -0.2) is 36.5 Å². The quantitative estimate of drug-likeness (QED) is 0.691. The van der Waals surface area contributed by atoms with Crippen molar-refractivity contribution in [2.24, 2.45) is 0 Å². The maximum absolute atomic E-state index is 12.4. The van der Waals surface area contributed by atoms with Crippen molar-refractivity contribution in [3.8, 4) is 0 Å². The second-order valence-electron chi connectivity index (χ2n) is 5.68. The number of nitrogens with one attached hydrogen (secondary N) is 1. The maximum atomic E-state index is 12.4. The number of anilines is 1. The van der Waals surface area contributed by atoms with Gasteiger partial charge in [-0.15, -0.1) is 0 Å². The summed E-state index contributed by atoms with van der Waals surface area (Å²) in [6, 6.07) is 7.91. The number of carbonyl (C=O) groups excluding carboxylic acids is 1. The lowest BCUT2D eigenvalue weighted by molar-refractivity contribution is -0.140. The molecule has 2 heterocycles. The van der Waals surface area contributed by atoms with Crippen LogP contribution >= 0.6 is 11.6 Å². The van der Waals surface area contributed by atoms with E-state index in [4.69, 9.17) is 16.7 Å². The van der Waals surface area contributed by atoms with Crippen molar-refractivity contribution >= 4 is 29.2 Å². The molecule has 26 heavy (non-hydrogen) atoms. The molecule has 0 aliphatic carbocycles. The van der Waals surface area contributed by atoms with E-state index < -0.39 is 17.9 Å². The minimum atomic E-state index is -1.07. The highest BCUT2D eigenvalue weighted by Gasteiger charge is 2.21. The van der Waals surface area contributed by atoms with E-state index in [9.17, 15) is 9.59 Å². The fraction of sp³-hybridized carbons (Fsp3) is 0.176. The first-order valence-electron chi connectivity index (χ1n) is 7.78. The Morgan fingerprint density at radius 2 is 1.96 bits per heavy atom. The number of hydrogen-bond donors (Lipinski definition) is 2. The smallest absolute Gasteiger partial charge is 0.328 e. The molecule has 0 radical (unpaired) electrons. The van der Waals surface area contributed by atoms with Crippen LogP contribution in [0.4, 0.5) is 5.69 Å². The van der Waals surface area contributed by atoms with Gasteiger partial charge in [0.2, 0.25) is 0 Å². The lowest BCUT2D eigenvalue weighted by atomic mass is 10.2. The SMILES string of the molecule is CC(C(=O)O)n1nccc1C(=O)Nc1cnn(Cc2ccc(Cl)cc2)c1. The van der Waals surface area contributed by atoms with Gasteiger partial charge >= 0.3 is 5.97 Å². The van der Waals surface area contributed by atoms with Gasteiger partial charge in [0, 0.05) is 17.4 Å². The summed E-state index contributed by atoms with van der Waals surface area (Å²) in [5, 5.41) is 20.6. The molecule has 134 valence electrons. The van der Waals surface area contributed by atoms with E-state index in [0.29, 0.717) is 17.3 Å². The number of carbonyl (C=O) groups is 2. The minimum absolute atomic E-state index is 0.158. The second-order valence-corrected chi connectivity index (χ2v) is 6.12. The second kappa shape index (κ2) is 7.40. The summed E-state index contributed by atoms with van der Waals surface area (Å²) in [6.07, 6.45) is 4.60. The van der Waals surface area contributed by atoms with E-state index in [1.165, 1.54) is 25.4 Å². The first-order valence-corrected chi connectivity index (χ1v) is 8.16. The number of rotatable bonds is 6. The molecule has 3 rings (SSSR count). The van der Waals surface area contributed by atoms with Gasteiger partial charge in [0.05, 0.1) is 18.4 Å². The zero-order chi connectivity index (χ0) is 18.7. The Kier molecular flexibility index (Phi) is 5.04. The van der Waals surface area contributed by atoms with Crippen molar-refractivity contribution < 1.29 is 14.7 Å². The maximum Gasteiger partial charge on any atom is 0.328 e. The first-order chi connectivity index (χ1) is 12.4. The van der Waals surface area contributed by atoms with Crippen LogP contribution in [0.25, 0.3) is 0 Å². The van der Waals surface area contributed by atoms with Crippen molar-refractivity contribution in [3.63, 3.8) is 0 Å². The highest BCUT2D eigenvalue weighted by Crippen LogP contribution is 2.14. The van der Waals surface area contributed by atoms with Crippen LogP contribution in [0.5, 0.6) is 0 Å². The number of aliphatic carboxylic acids is 1. The van der Waals surface area contributed by atoms with Crippen LogP contribution < -0.4 is 5.32 Å². The van der Waals surface area contributed by atoms with Crippen LogP contribution in [-0.2, 0) is 11.3 Å². The Morgan fingerprint density at radius 3 is 2.65 bits per heavy atom. The third-order valence-electron chi connectivity index (χ3n) is 3.78. The molecular formula is C17H16ClN5O3. The fourth-order valence-electron chi connectivity index (χ4n) is 2.39. The van der Waals surface area contributed by atoms with Gasteiger partial charge in [-0.3, -0.25) is 9.48 Å². The van der Waals surface area contributed by atoms with Crippen molar-refractivity contribution in [1.29, 1.82) is 0 Å². The van der Waals surface area contributed by atoms with Gasteiger partial charge in [0.15, 0.2) is 0 Å². The molecular weight excluding hydrogens is 358 g/mol. The highest BCUT2D eigenvalue weighted by atomic mass is 35.5. The monoisotopic (exact) mass is 373 g/mol. The number of nitrogens with zero attached hydrogens (tertiary/aromatic N) is 4. The Hall–Kier alpha value is -3.13. The Labute approximate surface area is 154 Å². The Balaban J connectivity index is 1.69. The summed E-state index contributed by atoms with van der Waals surface area (Å²) in [7, 11) is 0. The number of benzene rings is 1. The van der Waals surface area contributed by atoms with Gasteiger partial charge in [-0.05, 0) is 30.7 Å². The third kappa shape index (κ3) is 3.92. The number of carboxylic acids is 1. The predicted octanol–water partition coefficient (Wildman–Crippen LogP) is 2.68. The van der Waals surface area contributed by atoms with Gasteiger partial charge in [0.1, 0.15) is 11.7 Å². The molecule has 0 fully saturated rings. The van der Waals surface area contributed by atoms with Crippen molar-refractivity contribution in [2.75, 3.05) is 5.32 Å². The first kappa shape index (κ1) is 17.7. The molecule has 2 N–H and O–H groups in total. The molecule has 1 unspecified atom stereocenters. The summed E-state index contributed by atoms with van der Waals surface area (Å²) in [4.78, 5) is 23.5. The van der Waals surface area contributed by atoms with Gasteiger partial charge in [0.25, 0.3) is 5.91 Å². The molecule has 0 bridgehead atoms. The average molecular weight is 374 g/mol. The fourth-order valence-corrected chi connectivity index (χ4v) is 2.52. The molecule has 0 saturated carbocycles. The summed E-state index contributed by atoms with van der Waals surface area (Å²) < 4.78 is 2.84. The zero-order valence-electron chi connectivity index (χ0n) is 13.8. The molecule has 9 heteroatoms. The zero-order valence-corrected chi connectivity index (χ0v) is 14.6. The van der Waals surface area contributed by atoms with Gasteiger partial charge in [-0.1, -0.05) is 23.7 Å². The average Bonchev–Trinajstić information content (AvgIpc) is 3.25. The summed E-state index contributed by atoms with van der Waals surface area (Å²) >= 11 is 5.87. The summed E-state index contributed by atoms with van der Waals surface area (Å²) in [5.74, 6) is -1.53. The van der Waals surface area contributed by atoms with Crippen LogP contribution in [0.3, 0.4) is 0 Å². The lowest BCUT2D eigenvalue weighted by Crippen LogP contribution is -2.24. The van der Waals surface area contributed by atoms with Gasteiger partial charge in [-0.25, -0.2) is 9.48 Å². The molecule has 0 spiro atoms. The normalized spacial score (nSPS) is 11.9. The third-order valence-corrected chi connectivity index (χ3v) is 4.03. The van der Waals surface area contributed by atoms with Gasteiger partial charge < -0.3 is 10.4 Å². The van der Waals surface area contributed by atoms with E-state index in [1.807, 2.05) is 12.1 Å². The van der Waals surface area contributed by atoms with Crippen molar-refractivity contribution in [2.45, 2.75) is 19.5 Å². The Bertz CT molecular complexity index is 932. The predicted molar refractivity (Wildman–Crippen MR) is 95.3 cm³/mol. The van der Waals surface area contributed by atoms with E-state index >= 15 is 0 Å². The summed E-state index contributed by atoms with van der Waals surface area (Å²) in [6.45, 7) is 1.98. The largest absolute Gasteiger partial charge is 0.480 e. The molecule has 1 aromatic carbocycles. The molecule has 1 amide bonds. The van der Waals surface area contributed by atoms with E-state index in [-0.39, 0.29) is 5.69 Å². The molecule has 0 aliphatic rings. The van der Waals surface area contributed by atoms with E-state index in [1.54, 1.807) is 23.0 Å². The van der Waals surface area contributed by atoms with E-state index in [2.05, 4.69) is 15.5 Å². The molecule has 8 nitrogen and oxygen atoms in total. The molecule has 2 aromatic heterocycles. The van der Waals surface area contributed by atoms with E-state index in [0.717, 1.165) is 10.2 Å². The van der Waals surface area contributed by atoms with Crippen LogP contribution in [0, 0.1) is 0 Å².